The molecular formula is C21H22ClN3O5S. The molecule has 2 aromatic rings. The fourth-order valence-corrected chi connectivity index (χ4v) is 5.60. The van der Waals surface area contributed by atoms with Gasteiger partial charge in [0.1, 0.15) is 10.6 Å². The fourth-order valence-electron chi connectivity index (χ4n) is 3.66. The number of anilines is 1. The van der Waals surface area contributed by atoms with E-state index in [9.17, 15) is 18.0 Å². The molecular weight excluding hydrogens is 442 g/mol. The second-order valence-electron chi connectivity index (χ2n) is 7.54. The summed E-state index contributed by atoms with van der Waals surface area (Å²) in [6.07, 6.45) is -0.736. The molecule has 0 saturated carbocycles. The van der Waals surface area contributed by atoms with E-state index in [4.69, 9.17) is 16.3 Å². The molecule has 2 amide bonds. The summed E-state index contributed by atoms with van der Waals surface area (Å²) in [5.41, 5.74) is 1.83. The van der Waals surface area contributed by atoms with Crippen molar-refractivity contribution in [2.45, 2.75) is 24.8 Å². The van der Waals surface area contributed by atoms with Crippen LogP contribution in [-0.4, -0.2) is 61.7 Å². The summed E-state index contributed by atoms with van der Waals surface area (Å²) in [4.78, 5) is 26.1. The van der Waals surface area contributed by atoms with Crippen LogP contribution in [0.25, 0.3) is 0 Å². The summed E-state index contributed by atoms with van der Waals surface area (Å²) in [6.45, 7) is 4.31. The molecule has 2 aliphatic heterocycles. The predicted octanol–water partition coefficient (Wildman–Crippen LogP) is 2.51. The molecule has 164 valence electrons. The molecule has 1 fully saturated rings. The van der Waals surface area contributed by atoms with Gasteiger partial charge in [0.25, 0.3) is 11.8 Å². The van der Waals surface area contributed by atoms with Crippen molar-refractivity contribution in [2.24, 2.45) is 0 Å². The van der Waals surface area contributed by atoms with Gasteiger partial charge in [-0.2, -0.15) is 4.31 Å². The highest BCUT2D eigenvalue weighted by molar-refractivity contribution is 7.89. The number of hydrogen-bond acceptors (Lipinski definition) is 5. The Balaban J connectivity index is 1.52. The fraction of sp³-hybridized carbons (Fsp3) is 0.333. The lowest BCUT2D eigenvalue weighted by Crippen LogP contribution is -2.50. The summed E-state index contributed by atoms with van der Waals surface area (Å²) in [5.74, 6) is -0.183. The average Bonchev–Trinajstić information content (AvgIpc) is 2.74. The molecule has 0 bridgehead atoms. The zero-order valence-electron chi connectivity index (χ0n) is 17.1. The maximum atomic E-state index is 13.2. The Morgan fingerprint density at radius 2 is 1.84 bits per heavy atom. The van der Waals surface area contributed by atoms with Crippen molar-refractivity contribution in [3.05, 3.63) is 52.5 Å². The molecule has 0 radical (unpaired) electrons. The standard InChI is InChI=1S/C21H22ClN3O5S/c1-13-5-3-4-6-15(13)21(27)24-7-9-25(10-8-24)31(28,29)19-12-18-17(11-16(19)22)23-20(26)14(2)30-18/h3-6,11-12,14H,7-10H2,1-2H3,(H,23,26)/t14-/m1/s1. The Labute approximate surface area is 185 Å². The van der Waals surface area contributed by atoms with Gasteiger partial charge in [-0.15, -0.1) is 0 Å². The Morgan fingerprint density at radius 1 is 1.16 bits per heavy atom. The van der Waals surface area contributed by atoms with Gasteiger partial charge >= 0.3 is 0 Å². The zero-order valence-corrected chi connectivity index (χ0v) is 18.7. The number of ether oxygens (including phenoxy) is 1. The average molecular weight is 464 g/mol. The Kier molecular flexibility index (Phi) is 5.67. The number of halogens is 1. The van der Waals surface area contributed by atoms with E-state index in [2.05, 4.69) is 5.32 Å². The van der Waals surface area contributed by atoms with E-state index in [0.29, 0.717) is 11.3 Å². The molecule has 31 heavy (non-hydrogen) atoms. The van der Waals surface area contributed by atoms with Crippen LogP contribution in [0.15, 0.2) is 41.3 Å². The van der Waals surface area contributed by atoms with Crippen LogP contribution < -0.4 is 10.1 Å². The number of aryl methyl sites for hydroxylation is 1. The summed E-state index contributed by atoms with van der Waals surface area (Å²) >= 11 is 6.25. The second kappa shape index (κ2) is 8.14. The van der Waals surface area contributed by atoms with Crippen LogP contribution in [0, 0.1) is 6.92 Å². The lowest BCUT2D eigenvalue weighted by molar-refractivity contribution is -0.122. The number of fused-ring (bicyclic) bond motifs is 1. The molecule has 0 spiro atoms. The van der Waals surface area contributed by atoms with Crippen LogP contribution in [-0.2, 0) is 14.8 Å². The van der Waals surface area contributed by atoms with E-state index in [-0.39, 0.29) is 53.7 Å². The molecule has 8 nitrogen and oxygen atoms in total. The van der Waals surface area contributed by atoms with Crippen molar-refractivity contribution in [3.63, 3.8) is 0 Å². The minimum Gasteiger partial charge on any atom is -0.479 e. The SMILES string of the molecule is Cc1ccccc1C(=O)N1CCN(S(=O)(=O)c2cc3c(cc2Cl)NC(=O)[C@@H](C)O3)CC1. The van der Waals surface area contributed by atoms with Crippen LogP contribution in [0.5, 0.6) is 5.75 Å². The minimum atomic E-state index is -3.91. The lowest BCUT2D eigenvalue weighted by Gasteiger charge is -2.34. The summed E-state index contributed by atoms with van der Waals surface area (Å²) < 4.78 is 33.3. The quantitative estimate of drug-likeness (QED) is 0.754. The maximum absolute atomic E-state index is 13.2. The number of rotatable bonds is 3. The largest absolute Gasteiger partial charge is 0.479 e. The van der Waals surface area contributed by atoms with E-state index in [1.54, 1.807) is 17.9 Å². The third-order valence-corrected chi connectivity index (χ3v) is 7.85. The van der Waals surface area contributed by atoms with E-state index in [1.165, 1.54) is 16.4 Å². The zero-order chi connectivity index (χ0) is 22.3. The number of carbonyl (C=O) groups excluding carboxylic acids is 2. The van der Waals surface area contributed by atoms with Crippen molar-refractivity contribution < 1.29 is 22.7 Å². The maximum Gasteiger partial charge on any atom is 0.265 e. The summed E-state index contributed by atoms with van der Waals surface area (Å²) in [7, 11) is -3.91. The molecule has 0 aliphatic carbocycles. The Bertz CT molecular complexity index is 1160. The van der Waals surface area contributed by atoms with Gasteiger partial charge in [-0.3, -0.25) is 9.59 Å². The minimum absolute atomic E-state index is 0.00406. The molecule has 1 N–H and O–H groups in total. The number of amides is 2. The molecule has 1 atom stereocenters. The second-order valence-corrected chi connectivity index (χ2v) is 9.85. The van der Waals surface area contributed by atoms with Crippen LogP contribution in [0.2, 0.25) is 5.02 Å². The van der Waals surface area contributed by atoms with Crippen molar-refractivity contribution in [1.82, 2.24) is 9.21 Å². The van der Waals surface area contributed by atoms with E-state index < -0.39 is 16.1 Å². The van der Waals surface area contributed by atoms with Crippen molar-refractivity contribution in [2.75, 3.05) is 31.5 Å². The van der Waals surface area contributed by atoms with Crippen molar-refractivity contribution in [1.29, 1.82) is 0 Å². The molecule has 10 heteroatoms. The van der Waals surface area contributed by atoms with Crippen molar-refractivity contribution >= 4 is 39.1 Å². The van der Waals surface area contributed by atoms with E-state index in [1.807, 2.05) is 25.1 Å². The van der Waals surface area contributed by atoms with Gasteiger partial charge in [-0.25, -0.2) is 8.42 Å². The molecule has 2 aromatic carbocycles. The number of carbonyl (C=O) groups is 2. The molecule has 0 unspecified atom stereocenters. The third-order valence-electron chi connectivity index (χ3n) is 5.48. The number of nitrogens with zero attached hydrogens (tertiary/aromatic N) is 2. The van der Waals surface area contributed by atoms with Crippen LogP contribution >= 0.6 is 11.6 Å². The third kappa shape index (κ3) is 4.00. The number of nitrogens with one attached hydrogen (secondary N) is 1. The Hall–Kier alpha value is -2.62. The first-order valence-corrected chi connectivity index (χ1v) is 11.7. The highest BCUT2D eigenvalue weighted by Gasteiger charge is 2.34. The van der Waals surface area contributed by atoms with Crippen LogP contribution in [0.3, 0.4) is 0 Å². The first-order chi connectivity index (χ1) is 14.7. The number of benzene rings is 2. The van der Waals surface area contributed by atoms with Gasteiger partial charge in [-0.05, 0) is 31.5 Å². The smallest absolute Gasteiger partial charge is 0.265 e. The molecule has 0 aromatic heterocycles. The van der Waals surface area contributed by atoms with Crippen LogP contribution in [0.4, 0.5) is 5.69 Å². The topological polar surface area (TPSA) is 96.0 Å². The van der Waals surface area contributed by atoms with Crippen LogP contribution in [0.1, 0.15) is 22.8 Å². The van der Waals surface area contributed by atoms with E-state index >= 15 is 0 Å². The van der Waals surface area contributed by atoms with Gasteiger partial charge in [-0.1, -0.05) is 29.8 Å². The number of hydrogen-bond donors (Lipinski definition) is 1. The van der Waals surface area contributed by atoms with Gasteiger partial charge in [0, 0.05) is 37.8 Å². The van der Waals surface area contributed by atoms with Crippen molar-refractivity contribution in [3.8, 4) is 5.75 Å². The molecule has 2 heterocycles. The summed E-state index contributed by atoms with van der Waals surface area (Å²) in [6, 6.07) is 10.0. The normalized spacial score (nSPS) is 19.4. The summed E-state index contributed by atoms with van der Waals surface area (Å²) in [5, 5.41) is 2.64. The van der Waals surface area contributed by atoms with Gasteiger partial charge in [0.2, 0.25) is 10.0 Å². The molecule has 1 saturated heterocycles. The first-order valence-electron chi connectivity index (χ1n) is 9.84. The van der Waals surface area contributed by atoms with Gasteiger partial charge < -0.3 is 15.0 Å². The highest BCUT2D eigenvalue weighted by Crippen LogP contribution is 2.38. The Morgan fingerprint density at radius 3 is 2.52 bits per heavy atom. The lowest BCUT2D eigenvalue weighted by atomic mass is 10.1. The highest BCUT2D eigenvalue weighted by atomic mass is 35.5. The number of piperazine rings is 1. The predicted molar refractivity (Wildman–Crippen MR) is 116 cm³/mol. The first kappa shape index (κ1) is 21.6. The van der Waals surface area contributed by atoms with E-state index in [0.717, 1.165) is 5.56 Å². The molecule has 4 rings (SSSR count). The van der Waals surface area contributed by atoms with Gasteiger partial charge in [0.15, 0.2) is 6.10 Å². The number of sulfonamides is 1. The monoisotopic (exact) mass is 463 g/mol. The van der Waals surface area contributed by atoms with Gasteiger partial charge in [0.05, 0.1) is 10.7 Å². The molecule has 2 aliphatic rings.